The third-order valence-electron chi connectivity index (χ3n) is 5.77. The number of H-pyrrole nitrogens is 1. The Morgan fingerprint density at radius 1 is 1.21 bits per heavy atom. The highest BCUT2D eigenvalue weighted by Gasteiger charge is 2.32. The number of hydrogen-bond acceptors (Lipinski definition) is 6. The van der Waals surface area contributed by atoms with Crippen molar-refractivity contribution in [2.75, 3.05) is 26.2 Å². The molecule has 2 aromatic heterocycles. The van der Waals surface area contributed by atoms with E-state index in [1.165, 1.54) is 12.1 Å². The van der Waals surface area contributed by atoms with Crippen LogP contribution in [0.15, 0.2) is 34.9 Å². The van der Waals surface area contributed by atoms with Gasteiger partial charge in [-0.2, -0.15) is 23.3 Å². The molecule has 1 aliphatic rings. The first-order chi connectivity index (χ1) is 15.8. The molecule has 11 heteroatoms. The van der Waals surface area contributed by atoms with Gasteiger partial charge in [-0.3, -0.25) is 14.8 Å². The van der Waals surface area contributed by atoms with Crippen LogP contribution in [0.3, 0.4) is 0 Å². The van der Waals surface area contributed by atoms with E-state index in [1.807, 2.05) is 6.92 Å². The first kappa shape index (κ1) is 23.0. The molecule has 0 radical (unpaired) electrons. The molecule has 1 unspecified atom stereocenters. The summed E-state index contributed by atoms with van der Waals surface area (Å²) in [6.07, 6.45) is -2.63. The Balaban J connectivity index is 1.38. The zero-order valence-electron chi connectivity index (χ0n) is 18.4. The summed E-state index contributed by atoms with van der Waals surface area (Å²) >= 11 is 0. The van der Waals surface area contributed by atoms with E-state index in [0.29, 0.717) is 37.8 Å². The number of nitrogens with zero attached hydrogens (tertiary/aromatic N) is 5. The summed E-state index contributed by atoms with van der Waals surface area (Å²) in [7, 11) is 0. The number of aromatic nitrogens is 4. The second kappa shape index (κ2) is 9.34. The lowest BCUT2D eigenvalue weighted by Crippen LogP contribution is -2.49. The third kappa shape index (κ3) is 5.08. The summed E-state index contributed by atoms with van der Waals surface area (Å²) in [4.78, 5) is 20.9. The third-order valence-corrected chi connectivity index (χ3v) is 5.77. The highest BCUT2D eigenvalue weighted by atomic mass is 19.4. The van der Waals surface area contributed by atoms with Gasteiger partial charge in [-0.15, -0.1) is 0 Å². The lowest BCUT2D eigenvalue weighted by molar-refractivity contribution is -0.137. The molecule has 1 atom stereocenters. The van der Waals surface area contributed by atoms with Crippen LogP contribution in [0.2, 0.25) is 0 Å². The predicted molar refractivity (Wildman–Crippen MR) is 113 cm³/mol. The van der Waals surface area contributed by atoms with E-state index in [2.05, 4.69) is 32.2 Å². The van der Waals surface area contributed by atoms with E-state index >= 15 is 0 Å². The first-order valence-corrected chi connectivity index (χ1v) is 10.8. The van der Waals surface area contributed by atoms with Crippen LogP contribution >= 0.6 is 0 Å². The number of alkyl halides is 3. The van der Waals surface area contributed by atoms with Gasteiger partial charge < -0.3 is 9.42 Å². The average Bonchev–Trinajstić information content (AvgIpc) is 3.48. The van der Waals surface area contributed by atoms with E-state index in [1.54, 1.807) is 11.0 Å². The van der Waals surface area contributed by atoms with Gasteiger partial charge in [0.2, 0.25) is 11.7 Å². The maximum absolute atomic E-state index is 13.0. The number of carbonyl (C=O) groups is 1. The number of amides is 1. The number of carbonyl (C=O) groups excluding carboxylic acids is 1. The minimum Gasteiger partial charge on any atom is -0.337 e. The molecular formula is C22H25F3N6O2. The quantitative estimate of drug-likeness (QED) is 0.597. The van der Waals surface area contributed by atoms with Gasteiger partial charge >= 0.3 is 6.18 Å². The molecule has 0 bridgehead atoms. The zero-order valence-corrected chi connectivity index (χ0v) is 18.4. The fraction of sp³-hybridized carbons (Fsp3) is 0.455. The monoisotopic (exact) mass is 462 g/mol. The molecule has 4 rings (SSSR count). The van der Waals surface area contributed by atoms with Gasteiger partial charge in [-0.1, -0.05) is 30.6 Å². The summed E-state index contributed by atoms with van der Waals surface area (Å²) in [5.41, 5.74) is 0.839. The minimum absolute atomic E-state index is 0.106. The molecule has 0 saturated carbocycles. The van der Waals surface area contributed by atoms with Crippen LogP contribution in [0, 0.1) is 0 Å². The van der Waals surface area contributed by atoms with E-state index in [-0.39, 0.29) is 23.3 Å². The fourth-order valence-corrected chi connectivity index (χ4v) is 3.86. The van der Waals surface area contributed by atoms with E-state index in [0.717, 1.165) is 30.7 Å². The summed E-state index contributed by atoms with van der Waals surface area (Å²) in [5, 5.41) is 10.9. The molecule has 1 amide bonds. The number of rotatable bonds is 6. The van der Waals surface area contributed by atoms with Crippen LogP contribution in [0.5, 0.6) is 0 Å². The molecule has 0 aliphatic carbocycles. The van der Waals surface area contributed by atoms with Gasteiger partial charge in [0.1, 0.15) is 5.69 Å². The van der Waals surface area contributed by atoms with Crippen molar-refractivity contribution < 1.29 is 22.5 Å². The van der Waals surface area contributed by atoms with Crippen molar-refractivity contribution in [1.82, 2.24) is 30.1 Å². The second-order valence-electron chi connectivity index (χ2n) is 8.07. The number of hydrogen-bond donors (Lipinski definition) is 1. The second-order valence-corrected chi connectivity index (χ2v) is 8.07. The number of benzene rings is 1. The van der Waals surface area contributed by atoms with Crippen LogP contribution in [-0.4, -0.2) is 62.2 Å². The Morgan fingerprint density at radius 2 is 1.97 bits per heavy atom. The molecule has 1 saturated heterocycles. The maximum Gasteiger partial charge on any atom is 0.416 e. The standard InChI is InChI=1S/C22H25F3N6O2/c1-3-5-17-13-18(28-27-17)21(32)31-10-8-30(9-11-31)14(2)20-26-19(29-33-20)15-6-4-7-16(12-15)22(23,24)25/h4,6-7,12-14H,3,5,8-11H2,1-2H3,(H,27,28). The highest BCUT2D eigenvalue weighted by molar-refractivity contribution is 5.92. The molecule has 3 aromatic rings. The van der Waals surface area contributed by atoms with Crippen LogP contribution < -0.4 is 0 Å². The lowest BCUT2D eigenvalue weighted by Gasteiger charge is -2.36. The van der Waals surface area contributed by atoms with Crippen molar-refractivity contribution in [2.24, 2.45) is 0 Å². The van der Waals surface area contributed by atoms with Crippen molar-refractivity contribution in [3.8, 4) is 11.4 Å². The smallest absolute Gasteiger partial charge is 0.337 e. The molecule has 8 nitrogen and oxygen atoms in total. The molecule has 1 N–H and O–H groups in total. The maximum atomic E-state index is 13.0. The summed E-state index contributed by atoms with van der Waals surface area (Å²) in [5.74, 6) is 0.322. The van der Waals surface area contributed by atoms with E-state index in [9.17, 15) is 18.0 Å². The number of aromatic amines is 1. The van der Waals surface area contributed by atoms with Crippen LogP contribution in [0.1, 0.15) is 53.9 Å². The predicted octanol–water partition coefficient (Wildman–Crippen LogP) is 3.95. The normalized spacial score (nSPS) is 16.2. The molecule has 0 spiro atoms. The number of nitrogens with one attached hydrogen (secondary N) is 1. The minimum atomic E-state index is -4.44. The first-order valence-electron chi connectivity index (χ1n) is 10.8. The van der Waals surface area contributed by atoms with Crippen molar-refractivity contribution in [3.63, 3.8) is 0 Å². The van der Waals surface area contributed by atoms with Crippen molar-refractivity contribution in [2.45, 2.75) is 38.9 Å². The Hall–Kier alpha value is -3.21. The number of piperazine rings is 1. The van der Waals surface area contributed by atoms with Gasteiger partial charge in [0.15, 0.2) is 0 Å². The molecular weight excluding hydrogens is 437 g/mol. The van der Waals surface area contributed by atoms with Gasteiger partial charge in [0.05, 0.1) is 11.6 Å². The highest BCUT2D eigenvalue weighted by Crippen LogP contribution is 2.32. The van der Waals surface area contributed by atoms with Gasteiger partial charge in [-0.05, 0) is 31.5 Å². The van der Waals surface area contributed by atoms with Crippen LogP contribution in [0.4, 0.5) is 13.2 Å². The summed E-state index contributed by atoms with van der Waals surface area (Å²) in [6.45, 7) is 6.20. The van der Waals surface area contributed by atoms with Crippen molar-refractivity contribution in [3.05, 3.63) is 53.2 Å². The Kier molecular flexibility index (Phi) is 6.50. The van der Waals surface area contributed by atoms with Crippen LogP contribution in [0.25, 0.3) is 11.4 Å². The molecule has 1 aromatic carbocycles. The largest absolute Gasteiger partial charge is 0.416 e. The van der Waals surface area contributed by atoms with Gasteiger partial charge in [0, 0.05) is 37.4 Å². The molecule has 176 valence electrons. The van der Waals surface area contributed by atoms with Crippen LogP contribution in [-0.2, 0) is 12.6 Å². The SMILES string of the molecule is CCCc1cc(C(=O)N2CCN(C(C)c3nc(-c4cccc(C(F)(F)F)c4)no3)CC2)n[nH]1. The zero-order chi connectivity index (χ0) is 23.6. The van der Waals surface area contributed by atoms with E-state index < -0.39 is 11.7 Å². The fourth-order valence-electron chi connectivity index (χ4n) is 3.86. The number of aryl methyl sites for hydroxylation is 1. The number of halogens is 3. The Bertz CT molecular complexity index is 1100. The summed E-state index contributed by atoms with van der Waals surface area (Å²) < 4.78 is 44.3. The van der Waals surface area contributed by atoms with E-state index in [4.69, 9.17) is 4.52 Å². The average molecular weight is 462 g/mol. The van der Waals surface area contributed by atoms with Gasteiger partial charge in [0.25, 0.3) is 5.91 Å². The topological polar surface area (TPSA) is 91.2 Å². The van der Waals surface area contributed by atoms with Crippen molar-refractivity contribution in [1.29, 1.82) is 0 Å². The molecule has 1 fully saturated rings. The molecule has 33 heavy (non-hydrogen) atoms. The Labute approximate surface area is 188 Å². The molecule has 1 aliphatic heterocycles. The lowest BCUT2D eigenvalue weighted by atomic mass is 10.1. The molecule has 3 heterocycles. The van der Waals surface area contributed by atoms with Gasteiger partial charge in [-0.25, -0.2) is 0 Å². The Morgan fingerprint density at radius 3 is 2.67 bits per heavy atom. The van der Waals surface area contributed by atoms with Crippen molar-refractivity contribution >= 4 is 5.91 Å². The summed E-state index contributed by atoms with van der Waals surface area (Å²) in [6, 6.07) is 6.40.